The van der Waals surface area contributed by atoms with Gasteiger partial charge in [-0.15, -0.1) is 0 Å². The second-order valence-electron chi connectivity index (χ2n) is 9.99. The molecule has 7 heteroatoms. The number of likely N-dealkylation sites (tertiary alicyclic amines) is 1. The first-order chi connectivity index (χ1) is 16.3. The van der Waals surface area contributed by atoms with Crippen LogP contribution in [0, 0.1) is 5.92 Å². The molecule has 6 nitrogen and oxygen atoms in total. The molecule has 1 aromatic heterocycles. The van der Waals surface area contributed by atoms with Crippen LogP contribution in [0.25, 0.3) is 11.0 Å². The number of rotatable bonds is 7. The van der Waals surface area contributed by atoms with Crippen LogP contribution < -0.4 is 4.74 Å². The summed E-state index contributed by atoms with van der Waals surface area (Å²) in [5, 5.41) is 0.652. The SMILES string of the molecule is CC(C)(C)OC(=O)N1CCCC(CCCn2c(COc3cccc(Cl)c3)nc3ccccc32)C1. The minimum Gasteiger partial charge on any atom is -0.486 e. The lowest BCUT2D eigenvalue weighted by molar-refractivity contribution is 0.0160. The monoisotopic (exact) mass is 483 g/mol. The van der Waals surface area contributed by atoms with Gasteiger partial charge in [-0.3, -0.25) is 0 Å². The van der Waals surface area contributed by atoms with E-state index in [9.17, 15) is 4.79 Å². The molecule has 2 heterocycles. The van der Waals surface area contributed by atoms with Crippen molar-refractivity contribution in [2.75, 3.05) is 13.1 Å². The van der Waals surface area contributed by atoms with E-state index in [0.29, 0.717) is 17.5 Å². The number of fused-ring (bicyclic) bond motifs is 1. The number of nitrogens with zero attached hydrogens (tertiary/aromatic N) is 3. The Labute approximate surface area is 206 Å². The van der Waals surface area contributed by atoms with Crippen molar-refractivity contribution >= 4 is 28.7 Å². The van der Waals surface area contributed by atoms with Gasteiger partial charge in [0.2, 0.25) is 0 Å². The first kappa shape index (κ1) is 24.4. The van der Waals surface area contributed by atoms with E-state index in [1.807, 2.05) is 68.1 Å². The van der Waals surface area contributed by atoms with Crippen LogP contribution in [0.3, 0.4) is 0 Å². The molecule has 3 aromatic rings. The Morgan fingerprint density at radius 1 is 1.18 bits per heavy atom. The Kier molecular flexibility index (Phi) is 7.67. The number of halogens is 1. The van der Waals surface area contributed by atoms with Gasteiger partial charge in [0.15, 0.2) is 0 Å². The fourth-order valence-electron chi connectivity index (χ4n) is 4.52. The molecule has 0 spiro atoms. The molecule has 0 aliphatic carbocycles. The van der Waals surface area contributed by atoms with Crippen LogP contribution >= 0.6 is 11.6 Å². The fourth-order valence-corrected chi connectivity index (χ4v) is 4.70. The van der Waals surface area contributed by atoms with Crippen LogP contribution in [0.1, 0.15) is 52.3 Å². The number of para-hydroxylation sites is 2. The van der Waals surface area contributed by atoms with Crippen LogP contribution in [-0.2, 0) is 17.9 Å². The summed E-state index contributed by atoms with van der Waals surface area (Å²) in [7, 11) is 0. The number of benzene rings is 2. The number of carbonyl (C=O) groups excluding carboxylic acids is 1. The second kappa shape index (κ2) is 10.7. The van der Waals surface area contributed by atoms with Crippen molar-refractivity contribution in [2.45, 2.75) is 65.2 Å². The van der Waals surface area contributed by atoms with Crippen molar-refractivity contribution in [2.24, 2.45) is 5.92 Å². The molecule has 1 atom stereocenters. The summed E-state index contributed by atoms with van der Waals surface area (Å²) in [6.45, 7) is 8.52. The average molecular weight is 484 g/mol. The number of hydrogen-bond acceptors (Lipinski definition) is 4. The predicted octanol–water partition coefficient (Wildman–Crippen LogP) is 6.70. The standard InChI is InChI=1S/C27H34ClN3O3/c1-27(2,3)34-26(32)30-15-7-9-20(18-30)10-8-16-31-24-14-5-4-13-23(24)29-25(31)19-33-22-12-6-11-21(28)17-22/h4-6,11-14,17,20H,7-10,15-16,18-19H2,1-3H3. The molecule has 4 rings (SSSR count). The van der Waals surface area contributed by atoms with E-state index in [2.05, 4.69) is 10.6 Å². The van der Waals surface area contributed by atoms with Gasteiger partial charge in [0.05, 0.1) is 11.0 Å². The van der Waals surface area contributed by atoms with Crippen LogP contribution in [0.2, 0.25) is 5.02 Å². The number of aryl methyl sites for hydroxylation is 1. The summed E-state index contributed by atoms with van der Waals surface area (Å²) in [6.07, 6.45) is 4.04. The molecule has 1 saturated heterocycles. The first-order valence-corrected chi connectivity index (χ1v) is 12.5. The summed E-state index contributed by atoms with van der Waals surface area (Å²) < 4.78 is 13.8. The predicted molar refractivity (Wildman–Crippen MR) is 135 cm³/mol. The maximum atomic E-state index is 12.5. The summed E-state index contributed by atoms with van der Waals surface area (Å²) in [4.78, 5) is 19.2. The molecule has 0 saturated carbocycles. The van der Waals surface area contributed by atoms with Crippen LogP contribution in [0.5, 0.6) is 5.75 Å². The van der Waals surface area contributed by atoms with Gasteiger partial charge >= 0.3 is 6.09 Å². The van der Waals surface area contributed by atoms with E-state index < -0.39 is 5.60 Å². The molecule has 0 radical (unpaired) electrons. The van der Waals surface area contributed by atoms with E-state index in [0.717, 1.165) is 67.9 Å². The lowest BCUT2D eigenvalue weighted by Crippen LogP contribution is -2.42. The minimum absolute atomic E-state index is 0.196. The van der Waals surface area contributed by atoms with Crippen LogP contribution in [-0.4, -0.2) is 39.2 Å². The molecule has 1 unspecified atom stereocenters. The molecule has 1 aliphatic heterocycles. The number of hydrogen-bond donors (Lipinski definition) is 0. The average Bonchev–Trinajstić information content (AvgIpc) is 3.14. The molecule has 0 N–H and O–H groups in total. The van der Waals surface area contributed by atoms with E-state index in [1.54, 1.807) is 0 Å². The summed E-state index contributed by atoms with van der Waals surface area (Å²) in [5.74, 6) is 2.12. The van der Waals surface area contributed by atoms with Crippen molar-refractivity contribution in [3.63, 3.8) is 0 Å². The Morgan fingerprint density at radius 2 is 2.00 bits per heavy atom. The van der Waals surface area contributed by atoms with Gasteiger partial charge < -0.3 is 18.9 Å². The number of amides is 1. The van der Waals surface area contributed by atoms with E-state index in [4.69, 9.17) is 26.1 Å². The quantitative estimate of drug-likeness (QED) is 0.375. The van der Waals surface area contributed by atoms with E-state index in [-0.39, 0.29) is 6.09 Å². The fraction of sp³-hybridized carbons (Fsp3) is 0.481. The van der Waals surface area contributed by atoms with Crippen molar-refractivity contribution in [3.05, 3.63) is 59.4 Å². The largest absolute Gasteiger partial charge is 0.486 e. The zero-order valence-electron chi connectivity index (χ0n) is 20.3. The smallest absolute Gasteiger partial charge is 0.410 e. The minimum atomic E-state index is -0.462. The molecule has 1 aliphatic rings. The third kappa shape index (κ3) is 6.44. The van der Waals surface area contributed by atoms with E-state index in [1.165, 1.54) is 0 Å². The normalized spacial score (nSPS) is 16.6. The highest BCUT2D eigenvalue weighted by Gasteiger charge is 2.27. The zero-order valence-corrected chi connectivity index (χ0v) is 21.1. The highest BCUT2D eigenvalue weighted by molar-refractivity contribution is 6.30. The van der Waals surface area contributed by atoms with E-state index >= 15 is 0 Å². The number of ether oxygens (including phenoxy) is 2. The first-order valence-electron chi connectivity index (χ1n) is 12.1. The maximum Gasteiger partial charge on any atom is 0.410 e. The number of aromatic nitrogens is 2. The molecular weight excluding hydrogens is 450 g/mol. The van der Waals surface area contributed by atoms with Gasteiger partial charge in [0.1, 0.15) is 23.8 Å². The van der Waals surface area contributed by atoms with Gasteiger partial charge in [-0.05, 0) is 82.7 Å². The molecular formula is C27H34ClN3O3. The molecule has 182 valence electrons. The second-order valence-corrected chi connectivity index (χ2v) is 10.4. The van der Waals surface area contributed by atoms with Gasteiger partial charge in [0.25, 0.3) is 0 Å². The van der Waals surface area contributed by atoms with Crippen LogP contribution in [0.4, 0.5) is 4.79 Å². The number of piperidine rings is 1. The Balaban J connectivity index is 1.38. The van der Waals surface area contributed by atoms with Crippen molar-refractivity contribution in [3.8, 4) is 5.75 Å². The zero-order chi connectivity index (χ0) is 24.1. The highest BCUT2D eigenvalue weighted by atomic mass is 35.5. The molecule has 0 bridgehead atoms. The van der Waals surface area contributed by atoms with Gasteiger partial charge in [-0.2, -0.15) is 0 Å². The Morgan fingerprint density at radius 3 is 2.79 bits per heavy atom. The lowest BCUT2D eigenvalue weighted by atomic mass is 9.93. The van der Waals surface area contributed by atoms with Gasteiger partial charge in [0, 0.05) is 24.7 Å². The topological polar surface area (TPSA) is 56.6 Å². The lowest BCUT2D eigenvalue weighted by Gasteiger charge is -2.34. The van der Waals surface area contributed by atoms with Crippen molar-refractivity contribution < 1.29 is 14.3 Å². The molecule has 1 fully saturated rings. The summed E-state index contributed by atoms with van der Waals surface area (Å²) >= 11 is 6.09. The van der Waals surface area contributed by atoms with Gasteiger partial charge in [-0.1, -0.05) is 29.8 Å². The summed E-state index contributed by atoms with van der Waals surface area (Å²) in [6, 6.07) is 15.6. The molecule has 1 amide bonds. The van der Waals surface area contributed by atoms with Crippen molar-refractivity contribution in [1.82, 2.24) is 14.5 Å². The Hall–Kier alpha value is -2.73. The third-order valence-corrected chi connectivity index (χ3v) is 6.30. The molecule has 2 aromatic carbocycles. The number of carbonyl (C=O) groups is 1. The Bertz CT molecular complexity index is 1120. The van der Waals surface area contributed by atoms with Crippen LogP contribution in [0.15, 0.2) is 48.5 Å². The van der Waals surface area contributed by atoms with Gasteiger partial charge in [-0.25, -0.2) is 9.78 Å². The third-order valence-electron chi connectivity index (χ3n) is 6.06. The maximum absolute atomic E-state index is 12.5. The summed E-state index contributed by atoms with van der Waals surface area (Å²) in [5.41, 5.74) is 1.63. The number of imidazole rings is 1. The molecule has 34 heavy (non-hydrogen) atoms. The van der Waals surface area contributed by atoms with Crippen molar-refractivity contribution in [1.29, 1.82) is 0 Å². The highest BCUT2D eigenvalue weighted by Crippen LogP contribution is 2.25.